The topological polar surface area (TPSA) is 58.9 Å². The van der Waals surface area contributed by atoms with Gasteiger partial charge in [-0.25, -0.2) is 4.98 Å². The molecule has 1 amide bonds. The molecule has 0 aliphatic rings. The first-order chi connectivity index (χ1) is 10.9. The molecule has 0 radical (unpaired) electrons. The van der Waals surface area contributed by atoms with E-state index in [-0.39, 0.29) is 23.5 Å². The Morgan fingerprint density at radius 3 is 2.57 bits per heavy atom. The summed E-state index contributed by atoms with van der Waals surface area (Å²) in [5, 5.41) is 6.59. The highest BCUT2D eigenvalue weighted by atomic mass is 16.2. The van der Waals surface area contributed by atoms with Crippen molar-refractivity contribution in [2.45, 2.75) is 45.3 Å². The normalized spacial score (nSPS) is 14.3. The molecule has 0 aliphatic heterocycles. The predicted octanol–water partition coefficient (Wildman–Crippen LogP) is 2.69. The van der Waals surface area contributed by atoms with E-state index in [1.54, 1.807) is 23.3 Å². The Morgan fingerprint density at radius 1 is 1.26 bits per heavy atom. The summed E-state index contributed by atoms with van der Waals surface area (Å²) in [6.45, 7) is 8.74. The molecule has 2 rings (SSSR count). The zero-order valence-electron chi connectivity index (χ0n) is 14.3. The van der Waals surface area contributed by atoms with Crippen LogP contribution in [0.1, 0.15) is 45.3 Å². The highest BCUT2D eigenvalue weighted by molar-refractivity contribution is 5.79. The molecule has 0 unspecified atom stereocenters. The smallest absolute Gasteiger partial charge is 0.242 e. The third kappa shape index (κ3) is 4.93. The number of hydrogen-bond acceptors (Lipinski definition) is 3. The molecule has 0 fully saturated rings. The number of hydrogen-bond donors (Lipinski definition) is 2. The maximum Gasteiger partial charge on any atom is 0.242 e. The third-order valence-electron chi connectivity index (χ3n) is 3.96. The summed E-state index contributed by atoms with van der Waals surface area (Å²) in [5.74, 6) is -0.00904. The van der Waals surface area contributed by atoms with Gasteiger partial charge in [0, 0.05) is 30.5 Å². The number of nitrogens with zero attached hydrogens (tertiary/aromatic N) is 2. The van der Waals surface area contributed by atoms with Crippen LogP contribution in [0.3, 0.4) is 0 Å². The minimum absolute atomic E-state index is 0.00904. The van der Waals surface area contributed by atoms with Gasteiger partial charge in [-0.05, 0) is 33.3 Å². The summed E-state index contributed by atoms with van der Waals surface area (Å²) in [7, 11) is 0. The zero-order valence-corrected chi connectivity index (χ0v) is 14.3. The molecule has 2 aromatic rings. The SMILES string of the molecule is C[C@@H](NC(C)(C)CNC(=O)[C@H](C)n1ccnc1)c1ccccc1. The van der Waals surface area contributed by atoms with Crippen LogP contribution in [0, 0.1) is 0 Å². The van der Waals surface area contributed by atoms with Crippen molar-refractivity contribution < 1.29 is 4.79 Å². The fourth-order valence-corrected chi connectivity index (χ4v) is 2.55. The number of carbonyl (C=O) groups excluding carboxylic acids is 1. The van der Waals surface area contributed by atoms with E-state index >= 15 is 0 Å². The van der Waals surface area contributed by atoms with Crippen molar-refractivity contribution in [2.75, 3.05) is 6.54 Å². The first-order valence-electron chi connectivity index (χ1n) is 7.97. The van der Waals surface area contributed by atoms with Crippen molar-refractivity contribution in [3.05, 3.63) is 54.6 Å². The maximum absolute atomic E-state index is 12.3. The number of imidazole rings is 1. The van der Waals surface area contributed by atoms with Crippen molar-refractivity contribution in [2.24, 2.45) is 0 Å². The van der Waals surface area contributed by atoms with E-state index in [0.29, 0.717) is 6.54 Å². The largest absolute Gasteiger partial charge is 0.352 e. The Bertz CT molecular complexity index is 607. The van der Waals surface area contributed by atoms with E-state index in [0.717, 1.165) is 0 Å². The number of benzene rings is 1. The molecule has 5 heteroatoms. The monoisotopic (exact) mass is 314 g/mol. The van der Waals surface area contributed by atoms with Gasteiger partial charge in [-0.2, -0.15) is 0 Å². The summed E-state index contributed by atoms with van der Waals surface area (Å²) in [6, 6.07) is 10.2. The van der Waals surface area contributed by atoms with Crippen molar-refractivity contribution in [1.29, 1.82) is 0 Å². The molecule has 1 aromatic heterocycles. The minimum atomic E-state index is -0.264. The number of aromatic nitrogens is 2. The summed E-state index contributed by atoms with van der Waals surface area (Å²) < 4.78 is 1.79. The molecule has 1 heterocycles. The van der Waals surface area contributed by atoms with E-state index < -0.39 is 0 Å². The molecule has 0 saturated heterocycles. The quantitative estimate of drug-likeness (QED) is 0.826. The van der Waals surface area contributed by atoms with Crippen LogP contribution in [-0.4, -0.2) is 27.5 Å². The van der Waals surface area contributed by atoms with E-state index in [4.69, 9.17) is 0 Å². The standard InChI is InChI=1S/C18H26N4O/c1-14(16-8-6-5-7-9-16)21-18(3,4)12-20-17(23)15(2)22-11-10-19-13-22/h5-11,13-15,21H,12H2,1-4H3,(H,20,23)/t14-,15+/m1/s1. The Labute approximate surface area is 138 Å². The minimum Gasteiger partial charge on any atom is -0.352 e. The van der Waals surface area contributed by atoms with Gasteiger partial charge in [0.2, 0.25) is 5.91 Å². The zero-order chi connectivity index (χ0) is 16.9. The lowest BCUT2D eigenvalue weighted by Crippen LogP contribution is -2.50. The lowest BCUT2D eigenvalue weighted by molar-refractivity contribution is -0.124. The predicted molar refractivity (Wildman–Crippen MR) is 92.0 cm³/mol. The first kappa shape index (κ1) is 17.2. The molecular formula is C18H26N4O. The van der Waals surface area contributed by atoms with Gasteiger partial charge in [-0.1, -0.05) is 30.3 Å². The van der Waals surface area contributed by atoms with Crippen molar-refractivity contribution >= 4 is 5.91 Å². The Morgan fingerprint density at radius 2 is 1.96 bits per heavy atom. The molecule has 5 nitrogen and oxygen atoms in total. The van der Waals surface area contributed by atoms with Crippen LogP contribution >= 0.6 is 0 Å². The van der Waals surface area contributed by atoms with Crippen LogP contribution in [0.2, 0.25) is 0 Å². The molecule has 0 spiro atoms. The molecular weight excluding hydrogens is 288 g/mol. The van der Waals surface area contributed by atoms with Crippen LogP contribution in [0.15, 0.2) is 49.1 Å². The second-order valence-corrected chi connectivity index (χ2v) is 6.56. The summed E-state index contributed by atoms with van der Waals surface area (Å²) >= 11 is 0. The molecule has 2 atom stereocenters. The lowest BCUT2D eigenvalue weighted by Gasteiger charge is -2.31. The molecule has 124 valence electrons. The van der Waals surface area contributed by atoms with Crippen molar-refractivity contribution in [3.63, 3.8) is 0 Å². The van der Waals surface area contributed by atoms with Gasteiger partial charge < -0.3 is 15.2 Å². The van der Waals surface area contributed by atoms with Gasteiger partial charge in [0.25, 0.3) is 0 Å². The maximum atomic E-state index is 12.3. The highest BCUT2D eigenvalue weighted by Crippen LogP contribution is 2.16. The number of carbonyl (C=O) groups is 1. The fraction of sp³-hybridized carbons (Fsp3) is 0.444. The second-order valence-electron chi connectivity index (χ2n) is 6.56. The molecule has 0 aliphatic carbocycles. The van der Waals surface area contributed by atoms with E-state index in [2.05, 4.69) is 48.5 Å². The Balaban J connectivity index is 1.87. The molecule has 2 N–H and O–H groups in total. The highest BCUT2D eigenvalue weighted by Gasteiger charge is 2.23. The summed E-state index contributed by atoms with van der Waals surface area (Å²) in [4.78, 5) is 16.2. The third-order valence-corrected chi connectivity index (χ3v) is 3.96. The first-order valence-corrected chi connectivity index (χ1v) is 7.97. The van der Waals surface area contributed by atoms with Gasteiger partial charge in [0.05, 0.1) is 6.33 Å². The van der Waals surface area contributed by atoms with Gasteiger partial charge in [-0.15, -0.1) is 0 Å². The van der Waals surface area contributed by atoms with Gasteiger partial charge in [0.15, 0.2) is 0 Å². The van der Waals surface area contributed by atoms with Crippen LogP contribution < -0.4 is 10.6 Å². The van der Waals surface area contributed by atoms with E-state index in [9.17, 15) is 4.79 Å². The molecule has 0 bridgehead atoms. The lowest BCUT2D eigenvalue weighted by atomic mass is 10.0. The average Bonchev–Trinajstić information content (AvgIpc) is 3.07. The second kappa shape index (κ2) is 7.42. The Hall–Kier alpha value is -2.14. The van der Waals surface area contributed by atoms with Gasteiger partial charge in [0.1, 0.15) is 6.04 Å². The number of nitrogens with one attached hydrogen (secondary N) is 2. The molecule has 1 aromatic carbocycles. The van der Waals surface area contributed by atoms with Crippen LogP contribution in [-0.2, 0) is 4.79 Å². The number of rotatable bonds is 7. The van der Waals surface area contributed by atoms with Crippen LogP contribution in [0.25, 0.3) is 0 Å². The van der Waals surface area contributed by atoms with Crippen LogP contribution in [0.5, 0.6) is 0 Å². The molecule has 23 heavy (non-hydrogen) atoms. The average molecular weight is 314 g/mol. The van der Waals surface area contributed by atoms with Crippen molar-refractivity contribution in [3.8, 4) is 0 Å². The van der Waals surface area contributed by atoms with Crippen molar-refractivity contribution in [1.82, 2.24) is 20.2 Å². The van der Waals surface area contributed by atoms with E-state index in [1.165, 1.54) is 5.56 Å². The fourth-order valence-electron chi connectivity index (χ4n) is 2.55. The van der Waals surface area contributed by atoms with E-state index in [1.807, 2.05) is 25.1 Å². The van der Waals surface area contributed by atoms with Gasteiger partial charge in [-0.3, -0.25) is 4.79 Å². The van der Waals surface area contributed by atoms with Crippen LogP contribution in [0.4, 0.5) is 0 Å². The number of amides is 1. The summed E-state index contributed by atoms with van der Waals surface area (Å²) in [6.07, 6.45) is 5.13. The van der Waals surface area contributed by atoms with Gasteiger partial charge >= 0.3 is 0 Å². The molecule has 0 saturated carbocycles. The Kier molecular flexibility index (Phi) is 5.55. The summed E-state index contributed by atoms with van der Waals surface area (Å²) in [5.41, 5.74) is 1.03.